The van der Waals surface area contributed by atoms with Crippen molar-refractivity contribution in [1.82, 2.24) is 0 Å². The molecule has 0 spiro atoms. The van der Waals surface area contributed by atoms with Crippen LogP contribution in [-0.2, 0) is 11.3 Å². The van der Waals surface area contributed by atoms with Crippen LogP contribution in [0.3, 0.4) is 0 Å². The van der Waals surface area contributed by atoms with Gasteiger partial charge in [-0.1, -0.05) is 11.6 Å². The number of halogens is 1. The van der Waals surface area contributed by atoms with E-state index in [0.29, 0.717) is 40.9 Å². The monoisotopic (exact) mass is 350 g/mol. The number of aryl methyl sites for hydroxylation is 2. The standard InChI is InChI=1S/C17H15ClO6/c1-9-5-14(19)24-10(2)15(9)17(20)23-8-11-6-12(18)16-13(7-11)21-3-4-22-16/h5-7H,3-4,8H2,1-2H3. The second kappa shape index (κ2) is 6.57. The second-order valence-corrected chi connectivity index (χ2v) is 5.76. The van der Waals surface area contributed by atoms with E-state index in [4.69, 9.17) is 30.2 Å². The van der Waals surface area contributed by atoms with Crippen molar-refractivity contribution in [2.45, 2.75) is 20.5 Å². The topological polar surface area (TPSA) is 75.0 Å². The average molecular weight is 351 g/mol. The molecule has 1 aromatic carbocycles. The van der Waals surface area contributed by atoms with Crippen LogP contribution in [0.4, 0.5) is 0 Å². The fourth-order valence-corrected chi connectivity index (χ4v) is 2.82. The molecule has 1 aliphatic rings. The van der Waals surface area contributed by atoms with Crippen molar-refractivity contribution in [3.63, 3.8) is 0 Å². The van der Waals surface area contributed by atoms with Crippen LogP contribution in [0.2, 0.25) is 5.02 Å². The third kappa shape index (κ3) is 3.23. The van der Waals surface area contributed by atoms with Gasteiger partial charge in [-0.25, -0.2) is 9.59 Å². The maximum Gasteiger partial charge on any atom is 0.342 e. The first kappa shape index (κ1) is 16.4. The van der Waals surface area contributed by atoms with Crippen molar-refractivity contribution in [3.8, 4) is 11.5 Å². The van der Waals surface area contributed by atoms with Crippen LogP contribution < -0.4 is 15.1 Å². The van der Waals surface area contributed by atoms with Gasteiger partial charge in [0.05, 0.1) is 5.02 Å². The molecule has 1 aliphatic heterocycles. The van der Waals surface area contributed by atoms with Crippen LogP contribution >= 0.6 is 11.6 Å². The molecule has 0 aliphatic carbocycles. The van der Waals surface area contributed by atoms with Crippen molar-refractivity contribution in [3.05, 3.63) is 56.1 Å². The minimum absolute atomic E-state index is 0.00714. The lowest BCUT2D eigenvalue weighted by molar-refractivity contribution is 0.0466. The predicted octanol–water partition coefficient (Wildman–Crippen LogP) is 3.04. The van der Waals surface area contributed by atoms with E-state index < -0.39 is 11.6 Å². The lowest BCUT2D eigenvalue weighted by atomic mass is 10.1. The Balaban J connectivity index is 1.78. The predicted molar refractivity (Wildman–Crippen MR) is 86.0 cm³/mol. The molecule has 0 fully saturated rings. The largest absolute Gasteiger partial charge is 0.486 e. The van der Waals surface area contributed by atoms with Crippen LogP contribution in [0.15, 0.2) is 27.4 Å². The molecule has 3 rings (SSSR count). The van der Waals surface area contributed by atoms with Gasteiger partial charge in [-0.15, -0.1) is 0 Å². The second-order valence-electron chi connectivity index (χ2n) is 5.36. The van der Waals surface area contributed by atoms with E-state index in [1.165, 1.54) is 6.07 Å². The number of carbonyl (C=O) groups excluding carboxylic acids is 1. The van der Waals surface area contributed by atoms with E-state index in [2.05, 4.69) is 0 Å². The van der Waals surface area contributed by atoms with E-state index in [1.807, 2.05) is 0 Å². The third-order valence-electron chi connectivity index (χ3n) is 3.57. The third-order valence-corrected chi connectivity index (χ3v) is 3.85. The molecule has 6 nitrogen and oxygen atoms in total. The van der Waals surface area contributed by atoms with Crippen LogP contribution in [-0.4, -0.2) is 19.2 Å². The number of carbonyl (C=O) groups is 1. The lowest BCUT2D eigenvalue weighted by Crippen LogP contribution is -2.16. The summed E-state index contributed by atoms with van der Waals surface area (Å²) in [5.74, 6) is 0.678. The fraction of sp³-hybridized carbons (Fsp3) is 0.294. The average Bonchev–Trinajstić information content (AvgIpc) is 2.52. The summed E-state index contributed by atoms with van der Waals surface area (Å²) < 4.78 is 21.2. The summed E-state index contributed by atoms with van der Waals surface area (Å²) in [6.07, 6.45) is 0. The molecule has 0 bridgehead atoms. The molecule has 7 heteroatoms. The summed E-state index contributed by atoms with van der Waals surface area (Å²) in [4.78, 5) is 23.6. The molecule has 0 radical (unpaired) electrons. The quantitative estimate of drug-likeness (QED) is 0.792. The zero-order valence-corrected chi connectivity index (χ0v) is 13.9. The minimum atomic E-state index is -0.570. The van der Waals surface area contributed by atoms with Gasteiger partial charge in [-0.3, -0.25) is 0 Å². The number of fused-ring (bicyclic) bond motifs is 1. The molecule has 0 unspecified atom stereocenters. The van der Waals surface area contributed by atoms with Crippen LogP contribution in [0, 0.1) is 13.8 Å². The number of rotatable bonds is 3. The van der Waals surface area contributed by atoms with Gasteiger partial charge in [0.15, 0.2) is 11.5 Å². The fourth-order valence-electron chi connectivity index (χ4n) is 2.53. The number of esters is 1. The number of benzene rings is 1. The van der Waals surface area contributed by atoms with E-state index in [1.54, 1.807) is 26.0 Å². The Morgan fingerprint density at radius 2 is 1.96 bits per heavy atom. The molecule has 0 saturated carbocycles. The SMILES string of the molecule is Cc1cc(=O)oc(C)c1C(=O)OCc1cc(Cl)c2c(c1)OCCO2. The Morgan fingerprint density at radius 1 is 1.21 bits per heavy atom. The van der Waals surface area contributed by atoms with E-state index in [9.17, 15) is 9.59 Å². The molecule has 0 saturated heterocycles. The summed E-state index contributed by atoms with van der Waals surface area (Å²) in [5.41, 5.74) is 0.928. The molecule has 24 heavy (non-hydrogen) atoms. The Bertz CT molecular complexity index is 829. The normalized spacial score (nSPS) is 12.8. The molecular weight excluding hydrogens is 336 g/mol. The van der Waals surface area contributed by atoms with Gasteiger partial charge in [0.2, 0.25) is 0 Å². The van der Waals surface area contributed by atoms with Crippen LogP contribution in [0.5, 0.6) is 11.5 Å². The molecule has 2 heterocycles. The van der Waals surface area contributed by atoms with Crippen molar-refractivity contribution in [2.75, 3.05) is 13.2 Å². The van der Waals surface area contributed by atoms with Crippen molar-refractivity contribution in [2.24, 2.45) is 0 Å². The Labute approximate surface area is 142 Å². The first-order chi connectivity index (χ1) is 11.5. The summed E-state index contributed by atoms with van der Waals surface area (Å²) >= 11 is 6.15. The van der Waals surface area contributed by atoms with E-state index in [0.717, 1.165) is 0 Å². The first-order valence-corrected chi connectivity index (χ1v) is 7.70. The van der Waals surface area contributed by atoms with Gasteiger partial charge < -0.3 is 18.6 Å². The Morgan fingerprint density at radius 3 is 2.71 bits per heavy atom. The molecule has 0 atom stereocenters. The van der Waals surface area contributed by atoms with E-state index >= 15 is 0 Å². The molecule has 126 valence electrons. The highest BCUT2D eigenvalue weighted by Gasteiger charge is 2.19. The molecule has 1 aromatic heterocycles. The molecular formula is C17H15ClO6. The van der Waals surface area contributed by atoms with Crippen LogP contribution in [0.1, 0.15) is 27.2 Å². The maximum absolute atomic E-state index is 12.3. The highest BCUT2D eigenvalue weighted by Crippen LogP contribution is 2.38. The lowest BCUT2D eigenvalue weighted by Gasteiger charge is -2.20. The zero-order chi connectivity index (χ0) is 17.3. The summed E-state index contributed by atoms with van der Waals surface area (Å²) in [6.45, 7) is 4.09. The van der Waals surface area contributed by atoms with Gasteiger partial charge in [0, 0.05) is 6.07 Å². The highest BCUT2D eigenvalue weighted by molar-refractivity contribution is 6.32. The Kier molecular flexibility index (Phi) is 4.49. The van der Waals surface area contributed by atoms with Crippen molar-refractivity contribution >= 4 is 17.6 Å². The van der Waals surface area contributed by atoms with E-state index in [-0.39, 0.29) is 17.9 Å². The summed E-state index contributed by atoms with van der Waals surface area (Å²) in [5, 5.41) is 0.399. The Hall–Kier alpha value is -2.47. The molecule has 0 amide bonds. The number of hydrogen-bond acceptors (Lipinski definition) is 6. The smallest absolute Gasteiger partial charge is 0.342 e. The van der Waals surface area contributed by atoms with Gasteiger partial charge >= 0.3 is 11.6 Å². The highest BCUT2D eigenvalue weighted by atomic mass is 35.5. The number of hydrogen-bond donors (Lipinski definition) is 0. The zero-order valence-electron chi connectivity index (χ0n) is 13.2. The van der Waals surface area contributed by atoms with Crippen molar-refractivity contribution < 1.29 is 23.4 Å². The van der Waals surface area contributed by atoms with Gasteiger partial charge in [-0.2, -0.15) is 0 Å². The first-order valence-electron chi connectivity index (χ1n) is 7.32. The van der Waals surface area contributed by atoms with Gasteiger partial charge in [-0.05, 0) is 37.1 Å². The molecule has 2 aromatic rings. The van der Waals surface area contributed by atoms with Crippen molar-refractivity contribution in [1.29, 1.82) is 0 Å². The van der Waals surface area contributed by atoms with Crippen LogP contribution in [0.25, 0.3) is 0 Å². The van der Waals surface area contributed by atoms with Gasteiger partial charge in [0.1, 0.15) is 31.1 Å². The maximum atomic E-state index is 12.3. The number of ether oxygens (including phenoxy) is 3. The molecule has 0 N–H and O–H groups in total. The summed E-state index contributed by atoms with van der Waals surface area (Å²) in [7, 11) is 0. The summed E-state index contributed by atoms with van der Waals surface area (Å²) in [6, 6.07) is 4.64. The minimum Gasteiger partial charge on any atom is -0.486 e. The van der Waals surface area contributed by atoms with Gasteiger partial charge in [0.25, 0.3) is 0 Å².